The van der Waals surface area contributed by atoms with Crippen molar-refractivity contribution in [3.63, 3.8) is 0 Å². The molecule has 146 valence electrons. The van der Waals surface area contributed by atoms with Crippen molar-refractivity contribution in [2.24, 2.45) is 0 Å². The van der Waals surface area contributed by atoms with Gasteiger partial charge in [0.1, 0.15) is 17.5 Å². The van der Waals surface area contributed by atoms with E-state index in [1.54, 1.807) is 36.9 Å². The number of fused-ring (bicyclic) bond motifs is 1. The van der Waals surface area contributed by atoms with Gasteiger partial charge in [0.2, 0.25) is 5.91 Å². The number of amides is 1. The SMILES string of the molecule is COP(=O)(OC)OC1C(N2CCCC2=O)c2cc(C#N)ccc2OC1(C)C. The van der Waals surface area contributed by atoms with Crippen LogP contribution in [-0.4, -0.2) is 43.3 Å². The molecule has 2 aliphatic heterocycles. The Morgan fingerprint density at radius 3 is 2.59 bits per heavy atom. The van der Waals surface area contributed by atoms with E-state index in [1.165, 1.54) is 14.2 Å². The highest BCUT2D eigenvalue weighted by Gasteiger charge is 2.52. The second kappa shape index (κ2) is 7.25. The molecule has 0 radical (unpaired) electrons. The van der Waals surface area contributed by atoms with Crippen LogP contribution in [-0.2, 0) is 22.9 Å². The van der Waals surface area contributed by atoms with Gasteiger partial charge < -0.3 is 9.64 Å². The van der Waals surface area contributed by atoms with Gasteiger partial charge in [0.25, 0.3) is 0 Å². The summed E-state index contributed by atoms with van der Waals surface area (Å²) in [5.41, 5.74) is 0.156. The van der Waals surface area contributed by atoms with Crippen LogP contribution in [0.25, 0.3) is 0 Å². The lowest BCUT2D eigenvalue weighted by Gasteiger charge is -2.47. The molecule has 1 amide bonds. The van der Waals surface area contributed by atoms with Crippen molar-refractivity contribution >= 4 is 13.7 Å². The van der Waals surface area contributed by atoms with E-state index < -0.39 is 25.6 Å². The van der Waals surface area contributed by atoms with E-state index in [9.17, 15) is 14.6 Å². The highest BCUT2D eigenvalue weighted by Crippen LogP contribution is 2.55. The van der Waals surface area contributed by atoms with Crippen LogP contribution in [0.4, 0.5) is 0 Å². The van der Waals surface area contributed by atoms with Crippen molar-refractivity contribution in [3.05, 3.63) is 29.3 Å². The van der Waals surface area contributed by atoms with Crippen molar-refractivity contribution in [1.82, 2.24) is 4.90 Å². The molecule has 2 heterocycles. The molecule has 1 saturated heterocycles. The predicted molar refractivity (Wildman–Crippen MR) is 96.0 cm³/mol. The highest BCUT2D eigenvalue weighted by atomic mass is 31.2. The summed E-state index contributed by atoms with van der Waals surface area (Å²) in [5.74, 6) is 0.539. The summed E-state index contributed by atoms with van der Waals surface area (Å²) in [6.07, 6.45) is 0.332. The fraction of sp³-hybridized carbons (Fsp3) is 0.556. The standard InChI is InChI=1S/C18H23N2O6P/c1-18(2)17(26-27(22,23-3)24-4)16(20-9-5-6-15(20)21)13-10-12(11-19)7-8-14(13)25-18/h7-8,10,16-17H,5-6,9H2,1-4H3. The second-order valence-electron chi connectivity index (χ2n) is 7.04. The van der Waals surface area contributed by atoms with Gasteiger partial charge in [-0.05, 0) is 38.5 Å². The number of carbonyl (C=O) groups excluding carboxylic acids is 1. The first-order valence-electron chi connectivity index (χ1n) is 8.67. The molecule has 0 aliphatic carbocycles. The topological polar surface area (TPSA) is 98.1 Å². The lowest BCUT2D eigenvalue weighted by molar-refractivity contribution is -0.139. The van der Waals surface area contributed by atoms with Crippen LogP contribution < -0.4 is 4.74 Å². The van der Waals surface area contributed by atoms with Crippen molar-refractivity contribution < 1.29 is 27.7 Å². The lowest BCUT2D eigenvalue weighted by Crippen LogP contribution is -2.54. The molecule has 0 N–H and O–H groups in total. The maximum absolute atomic E-state index is 12.7. The maximum Gasteiger partial charge on any atom is 0.474 e. The summed E-state index contributed by atoms with van der Waals surface area (Å²) < 4.78 is 34.5. The van der Waals surface area contributed by atoms with E-state index >= 15 is 0 Å². The van der Waals surface area contributed by atoms with Crippen molar-refractivity contribution in [1.29, 1.82) is 5.26 Å². The third-order valence-corrected chi connectivity index (χ3v) is 6.32. The summed E-state index contributed by atoms with van der Waals surface area (Å²) in [5, 5.41) is 9.29. The molecule has 1 fully saturated rings. The molecule has 27 heavy (non-hydrogen) atoms. The molecular formula is C18H23N2O6P. The average Bonchev–Trinajstić information content (AvgIpc) is 3.07. The summed E-state index contributed by atoms with van der Waals surface area (Å²) in [4.78, 5) is 14.2. The first-order chi connectivity index (χ1) is 12.7. The van der Waals surface area contributed by atoms with Gasteiger partial charge in [0.15, 0.2) is 0 Å². The third-order valence-electron chi connectivity index (χ3n) is 4.94. The van der Waals surface area contributed by atoms with Crippen LogP contribution in [0, 0.1) is 11.3 Å². The minimum Gasteiger partial charge on any atom is -0.485 e. The molecule has 2 atom stereocenters. The molecular weight excluding hydrogens is 371 g/mol. The number of benzene rings is 1. The smallest absolute Gasteiger partial charge is 0.474 e. The number of rotatable bonds is 5. The Kier molecular flexibility index (Phi) is 5.33. The summed E-state index contributed by atoms with van der Waals surface area (Å²) in [6, 6.07) is 6.58. The monoisotopic (exact) mass is 394 g/mol. The van der Waals surface area contributed by atoms with E-state index in [4.69, 9.17) is 18.3 Å². The van der Waals surface area contributed by atoms with Gasteiger partial charge in [0, 0.05) is 32.7 Å². The highest BCUT2D eigenvalue weighted by molar-refractivity contribution is 7.48. The van der Waals surface area contributed by atoms with Crippen LogP contribution in [0.2, 0.25) is 0 Å². The maximum atomic E-state index is 12.7. The summed E-state index contributed by atoms with van der Waals surface area (Å²) in [6.45, 7) is 4.13. The number of likely N-dealkylation sites (tertiary alicyclic amines) is 1. The number of hydrogen-bond donors (Lipinski definition) is 0. The van der Waals surface area contributed by atoms with E-state index in [2.05, 4.69) is 6.07 Å². The zero-order valence-electron chi connectivity index (χ0n) is 15.8. The molecule has 0 spiro atoms. The molecule has 3 rings (SSSR count). The van der Waals surface area contributed by atoms with Crippen LogP contribution >= 0.6 is 7.82 Å². The van der Waals surface area contributed by atoms with E-state index in [-0.39, 0.29) is 5.91 Å². The van der Waals surface area contributed by atoms with E-state index in [0.29, 0.717) is 29.8 Å². The first-order valence-corrected chi connectivity index (χ1v) is 10.1. The van der Waals surface area contributed by atoms with Crippen LogP contribution in [0.5, 0.6) is 5.75 Å². The Morgan fingerprint density at radius 1 is 1.33 bits per heavy atom. The van der Waals surface area contributed by atoms with Gasteiger partial charge in [-0.2, -0.15) is 5.26 Å². The zero-order valence-corrected chi connectivity index (χ0v) is 16.7. The number of ether oxygens (including phenoxy) is 1. The summed E-state index contributed by atoms with van der Waals surface area (Å²) in [7, 11) is -1.37. The second-order valence-corrected chi connectivity index (χ2v) is 8.88. The number of carbonyl (C=O) groups is 1. The van der Waals surface area contributed by atoms with Crippen LogP contribution in [0.1, 0.15) is 43.9 Å². The third kappa shape index (κ3) is 3.61. The van der Waals surface area contributed by atoms with Crippen molar-refractivity contribution in [3.8, 4) is 11.8 Å². The Hall–Kier alpha value is -1.91. The van der Waals surface area contributed by atoms with Crippen molar-refractivity contribution in [2.45, 2.75) is 44.4 Å². The molecule has 8 nitrogen and oxygen atoms in total. The molecule has 0 saturated carbocycles. The normalized spacial score (nSPS) is 24.3. The Bertz CT molecular complexity index is 826. The fourth-order valence-electron chi connectivity index (χ4n) is 3.61. The van der Waals surface area contributed by atoms with Crippen molar-refractivity contribution in [2.75, 3.05) is 20.8 Å². The van der Waals surface area contributed by atoms with E-state index in [0.717, 1.165) is 6.42 Å². The zero-order chi connectivity index (χ0) is 19.8. The van der Waals surface area contributed by atoms with Gasteiger partial charge in [0.05, 0.1) is 17.7 Å². The fourth-order valence-corrected chi connectivity index (χ4v) is 4.57. The largest absolute Gasteiger partial charge is 0.485 e. The van der Waals surface area contributed by atoms with Crippen LogP contribution in [0.3, 0.4) is 0 Å². The molecule has 1 aromatic carbocycles. The Balaban J connectivity index is 2.14. The molecule has 0 bridgehead atoms. The minimum absolute atomic E-state index is 0.0238. The van der Waals surface area contributed by atoms with Gasteiger partial charge >= 0.3 is 7.82 Å². The number of hydrogen-bond acceptors (Lipinski definition) is 7. The minimum atomic E-state index is -3.84. The number of phosphoric ester groups is 1. The number of phosphoric acid groups is 1. The quantitative estimate of drug-likeness (QED) is 0.708. The van der Waals surface area contributed by atoms with Gasteiger partial charge in [-0.15, -0.1) is 0 Å². The summed E-state index contributed by atoms with van der Waals surface area (Å²) >= 11 is 0. The predicted octanol–water partition coefficient (Wildman–Crippen LogP) is 3.18. The number of nitrogens with zero attached hydrogens (tertiary/aromatic N) is 2. The Labute approximate surface area is 158 Å². The molecule has 0 aromatic heterocycles. The number of nitriles is 1. The van der Waals surface area contributed by atoms with Gasteiger partial charge in [-0.25, -0.2) is 4.57 Å². The van der Waals surface area contributed by atoms with Gasteiger partial charge in [-0.1, -0.05) is 0 Å². The average molecular weight is 394 g/mol. The van der Waals surface area contributed by atoms with Gasteiger partial charge in [-0.3, -0.25) is 18.4 Å². The molecule has 1 aromatic rings. The Morgan fingerprint density at radius 2 is 2.04 bits per heavy atom. The van der Waals surface area contributed by atoms with Crippen LogP contribution in [0.15, 0.2) is 18.2 Å². The van der Waals surface area contributed by atoms with E-state index in [1.807, 2.05) is 0 Å². The first kappa shape index (κ1) is 19.8. The lowest BCUT2D eigenvalue weighted by atomic mass is 9.85. The molecule has 2 aliphatic rings. The molecule has 2 unspecified atom stereocenters. The molecule has 9 heteroatoms.